The molecule has 0 aliphatic carbocycles. The van der Waals surface area contributed by atoms with E-state index in [4.69, 9.17) is 0 Å². The fourth-order valence-electron chi connectivity index (χ4n) is 11.9. The minimum Gasteiger partial charge on any atom is -0.311 e. The molecule has 14 rings (SSSR count). The molecule has 0 saturated carbocycles. The Balaban J connectivity index is 1.37. The average Bonchev–Trinajstić information content (AvgIpc) is 3.81. The van der Waals surface area contributed by atoms with Crippen LogP contribution in [-0.4, -0.2) is 27.1 Å². The number of aromatic nitrogens is 3. The van der Waals surface area contributed by atoms with Crippen LogP contribution in [0.15, 0.2) is 109 Å². The highest BCUT2D eigenvalue weighted by Gasteiger charge is 2.50. The summed E-state index contributed by atoms with van der Waals surface area (Å²) in [5.74, 6) is 0.274. The van der Waals surface area contributed by atoms with Gasteiger partial charge in [-0.2, -0.15) is 0 Å². The first kappa shape index (κ1) is 26.8. The Morgan fingerprint density at radius 3 is 1.04 bits per heavy atom. The van der Waals surface area contributed by atoms with E-state index in [0.717, 1.165) is 0 Å². The number of hydrogen-bond donors (Lipinski definition) is 0. The van der Waals surface area contributed by atoms with Gasteiger partial charge in [0.2, 0.25) is 0 Å². The second kappa shape index (κ2) is 8.40. The van der Waals surface area contributed by atoms with Crippen LogP contribution in [0, 0.1) is 13.8 Å². The maximum absolute atomic E-state index is 2.73. The van der Waals surface area contributed by atoms with E-state index in [1.165, 1.54) is 132 Å². The van der Waals surface area contributed by atoms with Crippen LogP contribution in [0.1, 0.15) is 36.5 Å². The molecule has 240 valence electrons. The first-order valence-corrected chi connectivity index (χ1v) is 18.9. The SMILES string of the molecule is Cc1cccc2c3cccc4c3n(c12)-c1c2c3c5c(c1C(C)C)-n1c6c(C)cccc6c6cccc(c61)B5c1cccc5c6cccc(c6n-3c15)B24. The fourth-order valence-corrected chi connectivity index (χ4v) is 11.9. The topological polar surface area (TPSA) is 14.8 Å². The van der Waals surface area contributed by atoms with Crippen molar-refractivity contribution in [2.45, 2.75) is 33.6 Å². The highest BCUT2D eigenvalue weighted by Crippen LogP contribution is 2.47. The van der Waals surface area contributed by atoms with Crippen molar-refractivity contribution in [1.82, 2.24) is 13.7 Å². The highest BCUT2D eigenvalue weighted by molar-refractivity contribution is 7.04. The third-order valence-electron chi connectivity index (χ3n) is 13.6. The van der Waals surface area contributed by atoms with E-state index >= 15 is 0 Å². The Kier molecular flexibility index (Phi) is 4.33. The number of hydrogen-bond acceptors (Lipinski definition) is 0. The number of para-hydroxylation sites is 6. The molecule has 3 aromatic heterocycles. The normalized spacial score (nSPS) is 14.2. The Morgan fingerprint density at radius 1 is 0.385 bits per heavy atom. The van der Waals surface area contributed by atoms with Gasteiger partial charge in [-0.3, -0.25) is 0 Å². The number of nitrogens with zero attached hydrogens (tertiary/aromatic N) is 3. The number of fused-ring (bicyclic) bond motifs is 13. The third kappa shape index (κ3) is 2.58. The number of benzene rings is 7. The van der Waals surface area contributed by atoms with Gasteiger partial charge in [0.25, 0.3) is 13.4 Å². The zero-order valence-electron chi connectivity index (χ0n) is 29.5. The summed E-state index contributed by atoms with van der Waals surface area (Å²) < 4.78 is 8.19. The molecule has 0 amide bonds. The first-order valence-electron chi connectivity index (χ1n) is 18.9. The predicted octanol–water partition coefficient (Wildman–Crippen LogP) is 7.00. The van der Waals surface area contributed by atoms with Crippen LogP contribution in [0.3, 0.4) is 0 Å². The average molecular weight is 659 g/mol. The van der Waals surface area contributed by atoms with Crippen LogP contribution in [-0.2, 0) is 0 Å². The van der Waals surface area contributed by atoms with E-state index in [1.807, 2.05) is 0 Å². The van der Waals surface area contributed by atoms with Crippen molar-refractivity contribution >= 4 is 112 Å². The second-order valence-electron chi connectivity index (χ2n) is 16.2. The van der Waals surface area contributed by atoms with Crippen LogP contribution in [0.4, 0.5) is 0 Å². The molecule has 0 fully saturated rings. The molecular weight excluding hydrogens is 628 g/mol. The third-order valence-corrected chi connectivity index (χ3v) is 13.6. The van der Waals surface area contributed by atoms with Crippen LogP contribution in [0.2, 0.25) is 0 Å². The molecule has 0 spiro atoms. The Labute approximate surface area is 300 Å². The smallest absolute Gasteiger partial charge is 0.252 e. The van der Waals surface area contributed by atoms with Gasteiger partial charge in [0.05, 0.1) is 11.0 Å². The van der Waals surface area contributed by atoms with Crippen molar-refractivity contribution in [2.75, 3.05) is 0 Å². The molecule has 0 atom stereocenters. The Bertz CT molecular complexity index is 3210. The van der Waals surface area contributed by atoms with Crippen molar-refractivity contribution in [2.24, 2.45) is 0 Å². The Hall–Kier alpha value is -5.93. The van der Waals surface area contributed by atoms with Crippen LogP contribution in [0.5, 0.6) is 0 Å². The van der Waals surface area contributed by atoms with Gasteiger partial charge < -0.3 is 13.7 Å². The molecule has 0 unspecified atom stereocenters. The van der Waals surface area contributed by atoms with E-state index in [2.05, 4.69) is 151 Å². The van der Waals surface area contributed by atoms with Gasteiger partial charge in [-0.1, -0.05) is 123 Å². The number of rotatable bonds is 1. The van der Waals surface area contributed by atoms with Crippen molar-refractivity contribution < 1.29 is 0 Å². The standard InChI is InChI=1S/C47H31B2N3/c1-23(2)36-45-37-47-38-46(36)51-40-25(4)12-6-14-27(40)29-16-8-20-33(42(29)51)49(38)35-22-10-18-31-30-17-9-21-34(43(30)52(47)44(31)35)48(37)32-19-7-15-28-26-13-5-11-24(3)39(26)50(45)41(28)32/h5-23H,1-4H3. The van der Waals surface area contributed by atoms with E-state index in [1.54, 1.807) is 0 Å². The summed E-state index contributed by atoms with van der Waals surface area (Å²) in [6, 6.07) is 42.3. The maximum atomic E-state index is 2.73. The molecule has 0 saturated heterocycles. The monoisotopic (exact) mass is 659 g/mol. The molecule has 7 aromatic carbocycles. The molecule has 0 N–H and O–H groups in total. The lowest BCUT2D eigenvalue weighted by Crippen LogP contribution is -2.67. The van der Waals surface area contributed by atoms with Crippen LogP contribution >= 0.6 is 0 Å². The molecule has 0 bridgehead atoms. The molecule has 0 radical (unpaired) electrons. The summed E-state index contributed by atoms with van der Waals surface area (Å²) in [5, 5.41) is 8.15. The fraction of sp³-hybridized carbons (Fsp3) is 0.106. The van der Waals surface area contributed by atoms with Crippen molar-refractivity contribution in [3.63, 3.8) is 0 Å². The van der Waals surface area contributed by atoms with Crippen molar-refractivity contribution in [1.29, 1.82) is 0 Å². The minimum absolute atomic E-state index is 0.136. The molecule has 4 aliphatic heterocycles. The summed E-state index contributed by atoms with van der Waals surface area (Å²) in [7, 11) is 0. The maximum Gasteiger partial charge on any atom is 0.252 e. The first-order chi connectivity index (χ1) is 25.5. The van der Waals surface area contributed by atoms with Gasteiger partial charge in [-0.15, -0.1) is 0 Å². The van der Waals surface area contributed by atoms with Gasteiger partial charge in [0.1, 0.15) is 0 Å². The minimum atomic E-state index is 0.136. The van der Waals surface area contributed by atoms with E-state index in [-0.39, 0.29) is 19.3 Å². The largest absolute Gasteiger partial charge is 0.311 e. The summed E-state index contributed by atoms with van der Waals surface area (Å²) in [6.07, 6.45) is 0. The summed E-state index contributed by atoms with van der Waals surface area (Å²) in [5.41, 5.74) is 25.3. The van der Waals surface area contributed by atoms with E-state index in [0.29, 0.717) is 0 Å². The molecule has 10 aromatic rings. The number of aryl methyl sites for hydroxylation is 2. The molecular formula is C47H31B2N3. The molecule has 5 heteroatoms. The lowest BCUT2D eigenvalue weighted by Gasteiger charge is -2.43. The summed E-state index contributed by atoms with van der Waals surface area (Å²) in [4.78, 5) is 0. The quantitative estimate of drug-likeness (QED) is 0.169. The van der Waals surface area contributed by atoms with Crippen LogP contribution < -0.4 is 32.8 Å². The molecule has 3 nitrogen and oxygen atoms in total. The van der Waals surface area contributed by atoms with Gasteiger partial charge in [0.15, 0.2) is 0 Å². The molecule has 52 heavy (non-hydrogen) atoms. The summed E-state index contributed by atoms with van der Waals surface area (Å²) in [6.45, 7) is 9.77. The van der Waals surface area contributed by atoms with E-state index in [9.17, 15) is 0 Å². The lowest BCUT2D eigenvalue weighted by molar-refractivity contribution is 0.843. The zero-order chi connectivity index (χ0) is 34.0. The van der Waals surface area contributed by atoms with Gasteiger partial charge in [-0.05, 0) is 63.7 Å². The van der Waals surface area contributed by atoms with Crippen molar-refractivity contribution in [3.8, 4) is 17.1 Å². The van der Waals surface area contributed by atoms with Gasteiger partial charge in [0, 0.05) is 77.0 Å². The highest BCUT2D eigenvalue weighted by atomic mass is 15.1. The summed E-state index contributed by atoms with van der Waals surface area (Å²) >= 11 is 0. The zero-order valence-corrected chi connectivity index (χ0v) is 29.5. The molecule has 7 heterocycles. The lowest BCUT2D eigenvalue weighted by atomic mass is 9.29. The van der Waals surface area contributed by atoms with Gasteiger partial charge >= 0.3 is 0 Å². The van der Waals surface area contributed by atoms with E-state index < -0.39 is 0 Å². The molecule has 4 aliphatic rings. The van der Waals surface area contributed by atoms with Crippen molar-refractivity contribution in [3.05, 3.63) is 126 Å². The predicted molar refractivity (Wildman–Crippen MR) is 222 cm³/mol. The second-order valence-corrected chi connectivity index (χ2v) is 16.2. The van der Waals surface area contributed by atoms with Gasteiger partial charge in [-0.25, -0.2) is 0 Å². The van der Waals surface area contributed by atoms with Crippen LogP contribution in [0.25, 0.3) is 82.5 Å². The Morgan fingerprint density at radius 2 is 0.692 bits per heavy atom.